The van der Waals surface area contributed by atoms with Crippen LogP contribution in [-0.4, -0.2) is 42.1 Å². The van der Waals surface area contributed by atoms with Crippen molar-refractivity contribution < 1.29 is 9.59 Å². The Morgan fingerprint density at radius 1 is 0.867 bits per heavy atom. The van der Waals surface area contributed by atoms with Crippen molar-refractivity contribution in [1.29, 1.82) is 0 Å². The summed E-state index contributed by atoms with van der Waals surface area (Å²) in [4.78, 5) is 30.2. The third-order valence-electron chi connectivity index (χ3n) is 7.38. The number of nitrogens with zero attached hydrogens (tertiary/aromatic N) is 1. The van der Waals surface area contributed by atoms with E-state index < -0.39 is 5.54 Å². The molecule has 3 aliphatic rings. The number of hydrogen-bond acceptors (Lipinski definition) is 4. The summed E-state index contributed by atoms with van der Waals surface area (Å²) >= 11 is 0. The maximum atomic E-state index is 14.0. The van der Waals surface area contributed by atoms with Crippen molar-refractivity contribution in [2.45, 2.75) is 50.1 Å². The van der Waals surface area contributed by atoms with E-state index in [9.17, 15) is 9.59 Å². The van der Waals surface area contributed by atoms with Crippen molar-refractivity contribution in [2.75, 3.05) is 19.6 Å². The molecule has 4 nitrogen and oxygen atoms in total. The van der Waals surface area contributed by atoms with Crippen LogP contribution in [0.1, 0.15) is 64.8 Å². The molecular formula is C26H30N2O2. The third-order valence-corrected chi connectivity index (χ3v) is 7.38. The summed E-state index contributed by atoms with van der Waals surface area (Å²) in [6.07, 6.45) is 7.54. The lowest BCUT2D eigenvalue weighted by atomic mass is 9.78. The van der Waals surface area contributed by atoms with Gasteiger partial charge >= 0.3 is 0 Å². The van der Waals surface area contributed by atoms with Gasteiger partial charge in [0.2, 0.25) is 0 Å². The lowest BCUT2D eigenvalue weighted by Crippen LogP contribution is -2.64. The molecule has 1 unspecified atom stereocenters. The highest BCUT2D eigenvalue weighted by molar-refractivity contribution is 6.32. The number of benzene rings is 2. The Bertz CT molecular complexity index is 898. The quantitative estimate of drug-likeness (QED) is 0.779. The van der Waals surface area contributed by atoms with Crippen LogP contribution < -0.4 is 5.32 Å². The highest BCUT2D eigenvalue weighted by Crippen LogP contribution is 2.44. The molecule has 0 amide bonds. The predicted octanol–water partition coefficient (Wildman–Crippen LogP) is 4.21. The number of carbonyl (C=O) groups excluding carboxylic acids is 2. The molecule has 2 fully saturated rings. The minimum absolute atomic E-state index is 0.0511. The predicted molar refractivity (Wildman–Crippen MR) is 118 cm³/mol. The fraction of sp³-hybridized carbons (Fsp3) is 0.462. The zero-order valence-corrected chi connectivity index (χ0v) is 17.5. The van der Waals surface area contributed by atoms with Gasteiger partial charge in [-0.3, -0.25) is 14.5 Å². The van der Waals surface area contributed by atoms with Gasteiger partial charge in [0, 0.05) is 36.8 Å². The van der Waals surface area contributed by atoms with Crippen LogP contribution in [0.5, 0.6) is 0 Å². The fourth-order valence-electron chi connectivity index (χ4n) is 5.96. The lowest BCUT2D eigenvalue weighted by molar-refractivity contribution is 0.0188. The number of piperazine rings is 1. The first-order valence-electron chi connectivity index (χ1n) is 11.4. The molecule has 156 valence electrons. The van der Waals surface area contributed by atoms with Crippen LogP contribution in [0.4, 0.5) is 0 Å². The lowest BCUT2D eigenvalue weighted by Gasteiger charge is -2.47. The molecule has 1 heterocycles. The number of ketones is 2. The van der Waals surface area contributed by atoms with E-state index in [1.807, 2.05) is 54.6 Å². The number of Topliss-reactive ketones (excluding diaryl/α,β-unsaturated/α-hetero) is 2. The van der Waals surface area contributed by atoms with Crippen LogP contribution in [0, 0.1) is 5.92 Å². The summed E-state index contributed by atoms with van der Waals surface area (Å²) in [6.45, 7) is 2.34. The van der Waals surface area contributed by atoms with Crippen molar-refractivity contribution in [3.8, 4) is 0 Å². The van der Waals surface area contributed by atoms with E-state index in [4.69, 9.17) is 0 Å². The number of rotatable bonds is 4. The van der Waals surface area contributed by atoms with E-state index in [1.54, 1.807) is 0 Å². The molecule has 1 saturated heterocycles. The van der Waals surface area contributed by atoms with Crippen LogP contribution in [0.2, 0.25) is 0 Å². The second kappa shape index (κ2) is 8.09. The molecular weight excluding hydrogens is 372 g/mol. The Morgan fingerprint density at radius 2 is 1.50 bits per heavy atom. The minimum Gasteiger partial charge on any atom is -0.314 e. The van der Waals surface area contributed by atoms with Crippen molar-refractivity contribution in [3.05, 3.63) is 71.3 Å². The number of carbonyl (C=O) groups is 2. The van der Waals surface area contributed by atoms with Gasteiger partial charge in [-0.05, 0) is 17.9 Å². The van der Waals surface area contributed by atoms with Crippen molar-refractivity contribution in [1.82, 2.24) is 10.2 Å². The van der Waals surface area contributed by atoms with Crippen molar-refractivity contribution in [2.24, 2.45) is 5.92 Å². The summed E-state index contributed by atoms with van der Waals surface area (Å²) < 4.78 is 0. The van der Waals surface area contributed by atoms with Gasteiger partial charge in [-0.15, -0.1) is 0 Å². The van der Waals surface area contributed by atoms with Gasteiger partial charge < -0.3 is 5.32 Å². The smallest absolute Gasteiger partial charge is 0.196 e. The Labute approximate surface area is 178 Å². The van der Waals surface area contributed by atoms with Crippen molar-refractivity contribution in [3.63, 3.8) is 0 Å². The first kappa shape index (κ1) is 19.7. The molecule has 0 bridgehead atoms. The first-order chi connectivity index (χ1) is 14.7. The van der Waals surface area contributed by atoms with E-state index in [1.165, 1.54) is 32.1 Å². The standard InChI is InChI=1S/C26H30N2O2/c29-24-22-13-7-8-14-23(22)25(30)26(24,20-11-5-2-6-12-20)28-16-15-27-18-21(28)17-19-9-3-1-4-10-19/h2,5-8,11-14,19,21,27H,1,3-4,9-10,15-18H2. The molecule has 1 aliphatic heterocycles. The van der Waals surface area contributed by atoms with E-state index in [0.29, 0.717) is 23.6 Å². The van der Waals surface area contributed by atoms with E-state index >= 15 is 0 Å². The minimum atomic E-state index is -1.23. The Hall–Kier alpha value is -2.30. The Morgan fingerprint density at radius 3 is 2.17 bits per heavy atom. The van der Waals surface area contributed by atoms with Crippen molar-refractivity contribution >= 4 is 11.6 Å². The van der Waals surface area contributed by atoms with Crippen LogP contribution in [0.15, 0.2) is 54.6 Å². The molecule has 30 heavy (non-hydrogen) atoms. The highest BCUT2D eigenvalue weighted by Gasteiger charge is 2.59. The SMILES string of the molecule is O=C1c2ccccc2C(=O)C1(c1ccccc1)N1CCNCC1CC1CCCCC1. The summed E-state index contributed by atoms with van der Waals surface area (Å²) in [5, 5.41) is 3.53. The molecule has 0 aromatic heterocycles. The number of fused-ring (bicyclic) bond motifs is 1. The Kier molecular flexibility index (Phi) is 5.30. The average Bonchev–Trinajstić information content (AvgIpc) is 3.03. The number of hydrogen-bond donors (Lipinski definition) is 1. The molecule has 1 saturated carbocycles. The summed E-state index contributed by atoms with van der Waals surface area (Å²) in [5.41, 5.74) is 0.723. The van der Waals surface area contributed by atoms with E-state index in [-0.39, 0.29) is 17.6 Å². The van der Waals surface area contributed by atoms with Crippen LogP contribution >= 0.6 is 0 Å². The van der Waals surface area contributed by atoms with Crippen LogP contribution in [-0.2, 0) is 5.54 Å². The zero-order valence-electron chi connectivity index (χ0n) is 17.5. The van der Waals surface area contributed by atoms with Gasteiger partial charge in [-0.25, -0.2) is 0 Å². The normalized spacial score (nSPS) is 24.7. The zero-order chi connectivity index (χ0) is 20.6. The summed E-state index contributed by atoms with van der Waals surface area (Å²) in [7, 11) is 0. The topological polar surface area (TPSA) is 49.4 Å². The molecule has 0 radical (unpaired) electrons. The van der Waals surface area contributed by atoms with Gasteiger partial charge in [0.1, 0.15) is 0 Å². The maximum Gasteiger partial charge on any atom is 0.196 e. The molecule has 5 rings (SSSR count). The Balaban J connectivity index is 1.60. The monoisotopic (exact) mass is 402 g/mol. The third kappa shape index (κ3) is 3.05. The summed E-state index contributed by atoms with van der Waals surface area (Å²) in [5.74, 6) is 0.586. The molecule has 2 aliphatic carbocycles. The maximum absolute atomic E-state index is 14.0. The van der Waals surface area contributed by atoms with Gasteiger partial charge in [-0.2, -0.15) is 0 Å². The van der Waals surface area contributed by atoms with E-state index in [2.05, 4.69) is 10.2 Å². The van der Waals surface area contributed by atoms with E-state index in [0.717, 1.165) is 25.1 Å². The molecule has 0 spiro atoms. The van der Waals surface area contributed by atoms with Gasteiger partial charge in [0.05, 0.1) is 0 Å². The van der Waals surface area contributed by atoms with Crippen LogP contribution in [0.25, 0.3) is 0 Å². The average molecular weight is 403 g/mol. The van der Waals surface area contributed by atoms with Gasteiger partial charge in [0.15, 0.2) is 17.1 Å². The molecule has 2 aromatic rings. The number of nitrogens with one attached hydrogen (secondary N) is 1. The largest absolute Gasteiger partial charge is 0.314 e. The first-order valence-corrected chi connectivity index (χ1v) is 11.4. The van der Waals surface area contributed by atoms with Gasteiger partial charge in [-0.1, -0.05) is 86.7 Å². The fourth-order valence-corrected chi connectivity index (χ4v) is 5.96. The molecule has 1 N–H and O–H groups in total. The molecule has 4 heteroatoms. The highest BCUT2D eigenvalue weighted by atomic mass is 16.2. The van der Waals surface area contributed by atoms with Crippen LogP contribution in [0.3, 0.4) is 0 Å². The molecule has 1 atom stereocenters. The summed E-state index contributed by atoms with van der Waals surface area (Å²) in [6, 6.07) is 17.3. The molecule has 2 aromatic carbocycles. The second-order valence-electron chi connectivity index (χ2n) is 9.07. The van der Waals surface area contributed by atoms with Gasteiger partial charge in [0.25, 0.3) is 0 Å². The second-order valence-corrected chi connectivity index (χ2v) is 9.07.